The van der Waals surface area contributed by atoms with Crippen LogP contribution in [0.3, 0.4) is 0 Å². The van der Waals surface area contributed by atoms with E-state index in [2.05, 4.69) is 34.2 Å². The first-order valence-corrected chi connectivity index (χ1v) is 8.14. The molecule has 0 aromatic heterocycles. The Morgan fingerprint density at radius 1 is 1.18 bits per heavy atom. The highest BCUT2D eigenvalue weighted by molar-refractivity contribution is 5.78. The van der Waals surface area contributed by atoms with Crippen LogP contribution >= 0.6 is 0 Å². The van der Waals surface area contributed by atoms with Crippen molar-refractivity contribution < 1.29 is 9.47 Å². The molecule has 5 heteroatoms. The lowest BCUT2D eigenvalue weighted by Crippen LogP contribution is -2.45. The quantitative estimate of drug-likeness (QED) is 0.683. The summed E-state index contributed by atoms with van der Waals surface area (Å²) in [4.78, 5) is 6.73. The van der Waals surface area contributed by atoms with Crippen LogP contribution in [0.25, 0.3) is 0 Å². The molecule has 2 heterocycles. The summed E-state index contributed by atoms with van der Waals surface area (Å²) in [7, 11) is 0. The van der Waals surface area contributed by atoms with Crippen molar-refractivity contribution in [2.45, 2.75) is 18.9 Å². The Morgan fingerprint density at radius 3 is 2.73 bits per heavy atom. The third kappa shape index (κ3) is 3.78. The zero-order chi connectivity index (χ0) is 15.2. The molecule has 3 rings (SSSR count). The Balaban J connectivity index is 1.64. The molecule has 0 bridgehead atoms. The standard InChI is InChI=1S/C17H25N3O2/c18-17(20-8-11-21-12-9-20)19-13-15-7-4-10-22-16(15)14-5-2-1-3-6-14/h1-3,5-6,15-16H,4,7-13H2,(H2,18,19). The summed E-state index contributed by atoms with van der Waals surface area (Å²) in [5.41, 5.74) is 7.37. The second kappa shape index (κ2) is 7.61. The zero-order valence-electron chi connectivity index (χ0n) is 13.0. The third-order valence-corrected chi connectivity index (χ3v) is 4.40. The maximum Gasteiger partial charge on any atom is 0.191 e. The van der Waals surface area contributed by atoms with Gasteiger partial charge in [-0.05, 0) is 18.4 Å². The van der Waals surface area contributed by atoms with Gasteiger partial charge in [0.15, 0.2) is 5.96 Å². The topological polar surface area (TPSA) is 60.1 Å². The normalized spacial score (nSPS) is 26.9. The third-order valence-electron chi connectivity index (χ3n) is 4.40. The SMILES string of the molecule is NC(=NCC1CCCOC1c1ccccc1)N1CCOCC1. The molecule has 0 aliphatic carbocycles. The smallest absolute Gasteiger partial charge is 0.191 e. The Bertz CT molecular complexity index is 486. The lowest BCUT2D eigenvalue weighted by molar-refractivity contribution is -0.0251. The fourth-order valence-electron chi connectivity index (χ4n) is 3.14. The molecule has 1 aromatic carbocycles. The summed E-state index contributed by atoms with van der Waals surface area (Å²) in [5.74, 6) is 1.04. The Hall–Kier alpha value is -1.59. The molecule has 2 unspecified atom stereocenters. The number of hydrogen-bond donors (Lipinski definition) is 1. The van der Waals surface area contributed by atoms with E-state index in [1.54, 1.807) is 0 Å². The maximum atomic E-state index is 6.13. The molecule has 0 amide bonds. The van der Waals surface area contributed by atoms with E-state index in [0.717, 1.165) is 52.3 Å². The molecule has 2 fully saturated rings. The van der Waals surface area contributed by atoms with Crippen LogP contribution in [-0.4, -0.2) is 50.3 Å². The highest BCUT2D eigenvalue weighted by Crippen LogP contribution is 2.33. The van der Waals surface area contributed by atoms with Crippen LogP contribution in [0.1, 0.15) is 24.5 Å². The Labute approximate surface area is 132 Å². The van der Waals surface area contributed by atoms with Crippen molar-refractivity contribution in [3.63, 3.8) is 0 Å². The van der Waals surface area contributed by atoms with Crippen LogP contribution in [0.4, 0.5) is 0 Å². The first kappa shape index (κ1) is 15.3. The number of aliphatic imine (C=N–C) groups is 1. The van der Waals surface area contributed by atoms with Crippen molar-refractivity contribution >= 4 is 5.96 Å². The average molecular weight is 303 g/mol. The van der Waals surface area contributed by atoms with Crippen LogP contribution in [0.2, 0.25) is 0 Å². The molecule has 2 N–H and O–H groups in total. The molecule has 120 valence electrons. The highest BCUT2D eigenvalue weighted by Gasteiger charge is 2.27. The van der Waals surface area contributed by atoms with Gasteiger partial charge in [0.25, 0.3) is 0 Å². The number of ether oxygens (including phenoxy) is 2. The predicted molar refractivity (Wildman–Crippen MR) is 86.7 cm³/mol. The van der Waals surface area contributed by atoms with Crippen molar-refractivity contribution in [3.05, 3.63) is 35.9 Å². The summed E-state index contributed by atoms with van der Waals surface area (Å²) in [6.07, 6.45) is 2.37. The Kier molecular flexibility index (Phi) is 5.29. The van der Waals surface area contributed by atoms with Gasteiger partial charge >= 0.3 is 0 Å². The van der Waals surface area contributed by atoms with Gasteiger partial charge in [-0.1, -0.05) is 30.3 Å². The number of nitrogens with zero attached hydrogens (tertiary/aromatic N) is 2. The molecule has 22 heavy (non-hydrogen) atoms. The van der Waals surface area contributed by atoms with E-state index < -0.39 is 0 Å². The van der Waals surface area contributed by atoms with Gasteiger partial charge in [-0.2, -0.15) is 0 Å². The number of benzene rings is 1. The summed E-state index contributed by atoms with van der Waals surface area (Å²) in [5, 5.41) is 0. The molecule has 2 saturated heterocycles. The highest BCUT2D eigenvalue weighted by atomic mass is 16.5. The molecule has 0 saturated carbocycles. The second-order valence-corrected chi connectivity index (χ2v) is 5.90. The Morgan fingerprint density at radius 2 is 1.95 bits per heavy atom. The predicted octanol–water partition coefficient (Wildman–Crippen LogP) is 1.80. The minimum absolute atomic E-state index is 0.135. The van der Waals surface area contributed by atoms with Gasteiger partial charge in [0.2, 0.25) is 0 Å². The van der Waals surface area contributed by atoms with Crippen molar-refractivity contribution in [2.24, 2.45) is 16.6 Å². The van der Waals surface area contributed by atoms with Crippen LogP contribution in [0.5, 0.6) is 0 Å². The number of rotatable bonds is 3. The van der Waals surface area contributed by atoms with Gasteiger partial charge in [-0.25, -0.2) is 0 Å². The lowest BCUT2D eigenvalue weighted by atomic mass is 9.89. The van der Waals surface area contributed by atoms with Crippen LogP contribution in [0.15, 0.2) is 35.3 Å². The average Bonchev–Trinajstić information content (AvgIpc) is 2.61. The van der Waals surface area contributed by atoms with E-state index in [-0.39, 0.29) is 6.10 Å². The fourth-order valence-corrected chi connectivity index (χ4v) is 3.14. The number of nitrogens with two attached hydrogens (primary N) is 1. The van der Waals surface area contributed by atoms with Gasteiger partial charge < -0.3 is 20.1 Å². The van der Waals surface area contributed by atoms with Crippen molar-refractivity contribution in [1.29, 1.82) is 0 Å². The van der Waals surface area contributed by atoms with Gasteiger partial charge in [0, 0.05) is 32.2 Å². The van der Waals surface area contributed by atoms with Crippen LogP contribution < -0.4 is 5.73 Å². The van der Waals surface area contributed by atoms with E-state index in [0.29, 0.717) is 11.9 Å². The van der Waals surface area contributed by atoms with Crippen LogP contribution in [0, 0.1) is 5.92 Å². The molecule has 1 aromatic rings. The monoisotopic (exact) mass is 303 g/mol. The first-order chi connectivity index (χ1) is 10.8. The van der Waals surface area contributed by atoms with E-state index in [1.165, 1.54) is 5.56 Å². The summed E-state index contributed by atoms with van der Waals surface area (Å²) in [6.45, 7) is 4.68. The number of guanidine groups is 1. The molecular weight excluding hydrogens is 278 g/mol. The maximum absolute atomic E-state index is 6.13. The zero-order valence-corrected chi connectivity index (χ0v) is 13.0. The molecule has 2 aliphatic heterocycles. The van der Waals surface area contributed by atoms with Crippen LogP contribution in [-0.2, 0) is 9.47 Å². The van der Waals surface area contributed by atoms with Gasteiger partial charge in [-0.15, -0.1) is 0 Å². The van der Waals surface area contributed by atoms with Gasteiger partial charge in [0.1, 0.15) is 0 Å². The number of morpholine rings is 1. The van der Waals surface area contributed by atoms with Crippen molar-refractivity contribution in [1.82, 2.24) is 4.90 Å². The van der Waals surface area contributed by atoms with Crippen molar-refractivity contribution in [2.75, 3.05) is 39.5 Å². The van der Waals surface area contributed by atoms with E-state index in [4.69, 9.17) is 15.2 Å². The molecule has 5 nitrogen and oxygen atoms in total. The first-order valence-electron chi connectivity index (χ1n) is 8.14. The van der Waals surface area contributed by atoms with Gasteiger partial charge in [-0.3, -0.25) is 4.99 Å². The fraction of sp³-hybridized carbons (Fsp3) is 0.588. The van der Waals surface area contributed by atoms with Crippen molar-refractivity contribution in [3.8, 4) is 0 Å². The largest absolute Gasteiger partial charge is 0.378 e. The molecule has 2 atom stereocenters. The summed E-state index contributed by atoms with van der Waals surface area (Å²) in [6, 6.07) is 10.4. The summed E-state index contributed by atoms with van der Waals surface area (Å²) < 4.78 is 11.4. The molecular formula is C17H25N3O2. The minimum atomic E-state index is 0.135. The second-order valence-electron chi connectivity index (χ2n) is 5.90. The number of hydrogen-bond acceptors (Lipinski definition) is 3. The molecule has 0 radical (unpaired) electrons. The molecule has 2 aliphatic rings. The minimum Gasteiger partial charge on any atom is -0.378 e. The summed E-state index contributed by atoms with van der Waals surface area (Å²) >= 11 is 0. The van der Waals surface area contributed by atoms with E-state index >= 15 is 0 Å². The molecule has 0 spiro atoms. The van der Waals surface area contributed by atoms with E-state index in [1.807, 2.05) is 6.07 Å². The lowest BCUT2D eigenvalue weighted by Gasteiger charge is -2.32. The van der Waals surface area contributed by atoms with Gasteiger partial charge in [0.05, 0.1) is 19.3 Å². The van der Waals surface area contributed by atoms with E-state index in [9.17, 15) is 0 Å².